The molecule has 0 saturated carbocycles. The van der Waals surface area contributed by atoms with Crippen molar-refractivity contribution in [1.29, 1.82) is 0 Å². The van der Waals surface area contributed by atoms with Gasteiger partial charge in [0.1, 0.15) is 5.75 Å². The summed E-state index contributed by atoms with van der Waals surface area (Å²) < 4.78 is 11.2. The van der Waals surface area contributed by atoms with Crippen LogP contribution in [0.4, 0.5) is 0 Å². The Balaban J connectivity index is 0. The van der Waals surface area contributed by atoms with Gasteiger partial charge in [-0.2, -0.15) is 0 Å². The van der Waals surface area contributed by atoms with E-state index in [0.717, 1.165) is 36.1 Å². The zero-order valence-electron chi connectivity index (χ0n) is 21.3. The standard InChI is InChI=1S/C22H37NO3.C2H6.CH5P/c1-16-13-17(21(2,3)4)14-18(22(5,6)7)20(16)26-15-19(24)25-12-10-8-9-11-23;2*1-2/h13-14H,8-12,15,23H2,1-7H3;1-2H3;2H2,1H3. The van der Waals surface area contributed by atoms with Crippen molar-refractivity contribution in [2.45, 2.75) is 92.4 Å². The van der Waals surface area contributed by atoms with Gasteiger partial charge in [0.25, 0.3) is 0 Å². The molecule has 5 heteroatoms. The number of esters is 1. The Hall–Kier alpha value is -1.12. The van der Waals surface area contributed by atoms with Crippen LogP contribution < -0.4 is 10.5 Å². The molecule has 176 valence electrons. The molecule has 1 rings (SSSR count). The minimum atomic E-state index is -0.322. The van der Waals surface area contributed by atoms with Gasteiger partial charge < -0.3 is 15.2 Å². The van der Waals surface area contributed by atoms with Crippen LogP contribution in [0.3, 0.4) is 0 Å². The van der Waals surface area contributed by atoms with Gasteiger partial charge in [-0.15, -0.1) is 9.24 Å². The first-order chi connectivity index (χ1) is 14.0. The van der Waals surface area contributed by atoms with Gasteiger partial charge in [0.2, 0.25) is 0 Å². The third-order valence-electron chi connectivity index (χ3n) is 4.39. The smallest absolute Gasteiger partial charge is 0.344 e. The van der Waals surface area contributed by atoms with E-state index in [1.807, 2.05) is 27.4 Å². The van der Waals surface area contributed by atoms with Gasteiger partial charge in [-0.25, -0.2) is 4.79 Å². The van der Waals surface area contributed by atoms with Gasteiger partial charge >= 0.3 is 5.97 Å². The number of hydrogen-bond donors (Lipinski definition) is 1. The van der Waals surface area contributed by atoms with E-state index in [2.05, 4.69) is 62.9 Å². The maximum absolute atomic E-state index is 12.0. The summed E-state index contributed by atoms with van der Waals surface area (Å²) >= 11 is 0. The quantitative estimate of drug-likeness (QED) is 0.298. The molecule has 0 aliphatic heterocycles. The van der Waals surface area contributed by atoms with Gasteiger partial charge in [0.05, 0.1) is 6.61 Å². The number of aryl methyl sites for hydroxylation is 1. The Morgan fingerprint density at radius 3 is 2.00 bits per heavy atom. The molecule has 0 spiro atoms. The average molecular weight is 442 g/mol. The van der Waals surface area contributed by atoms with E-state index in [-0.39, 0.29) is 23.4 Å². The first-order valence-corrected chi connectivity index (χ1v) is 12.3. The predicted octanol–water partition coefficient (Wildman–Crippen LogP) is 6.16. The van der Waals surface area contributed by atoms with Crippen molar-refractivity contribution in [2.75, 3.05) is 26.4 Å². The molecular formula is C25H48NO3P. The zero-order chi connectivity index (χ0) is 24.0. The Bertz CT molecular complexity index is 602. The number of rotatable bonds is 8. The summed E-state index contributed by atoms with van der Waals surface area (Å²) in [5, 5.41) is 0. The Morgan fingerprint density at radius 1 is 0.967 bits per heavy atom. The molecule has 1 aromatic carbocycles. The molecule has 4 nitrogen and oxygen atoms in total. The molecule has 0 aromatic heterocycles. The van der Waals surface area contributed by atoms with Crippen LogP contribution in [-0.2, 0) is 20.4 Å². The van der Waals surface area contributed by atoms with Crippen molar-refractivity contribution in [2.24, 2.45) is 5.73 Å². The molecule has 2 N–H and O–H groups in total. The van der Waals surface area contributed by atoms with Gasteiger partial charge in [-0.05, 0) is 54.7 Å². The number of carbonyl (C=O) groups is 1. The van der Waals surface area contributed by atoms with Crippen LogP contribution in [0.1, 0.15) is 91.3 Å². The second-order valence-corrected chi connectivity index (χ2v) is 9.03. The summed E-state index contributed by atoms with van der Waals surface area (Å²) in [4.78, 5) is 12.0. The monoisotopic (exact) mass is 441 g/mol. The maximum Gasteiger partial charge on any atom is 0.344 e. The average Bonchev–Trinajstić information content (AvgIpc) is 2.68. The van der Waals surface area contributed by atoms with Gasteiger partial charge in [0.15, 0.2) is 6.61 Å². The molecule has 0 radical (unpaired) electrons. The lowest BCUT2D eigenvalue weighted by molar-refractivity contribution is -0.146. The van der Waals surface area contributed by atoms with E-state index in [0.29, 0.717) is 13.2 Å². The van der Waals surface area contributed by atoms with E-state index in [1.165, 1.54) is 5.56 Å². The van der Waals surface area contributed by atoms with Gasteiger partial charge in [0, 0.05) is 5.56 Å². The molecule has 0 heterocycles. The highest BCUT2D eigenvalue weighted by atomic mass is 31.0. The van der Waals surface area contributed by atoms with Crippen LogP contribution in [0.5, 0.6) is 5.75 Å². The highest BCUT2D eigenvalue weighted by Gasteiger charge is 2.25. The van der Waals surface area contributed by atoms with Crippen molar-refractivity contribution < 1.29 is 14.3 Å². The number of carbonyl (C=O) groups excluding carboxylic acids is 1. The molecular weight excluding hydrogens is 393 g/mol. The van der Waals surface area contributed by atoms with E-state index in [1.54, 1.807) is 0 Å². The highest BCUT2D eigenvalue weighted by molar-refractivity contribution is 7.15. The van der Waals surface area contributed by atoms with E-state index < -0.39 is 0 Å². The van der Waals surface area contributed by atoms with Gasteiger partial charge in [-0.1, -0.05) is 74.2 Å². The fraction of sp³-hybridized carbons (Fsp3) is 0.720. The first kappa shape index (κ1) is 31.1. The second-order valence-electron chi connectivity index (χ2n) is 9.03. The molecule has 1 unspecified atom stereocenters. The molecule has 0 amide bonds. The summed E-state index contributed by atoms with van der Waals surface area (Å²) in [6.45, 7) is 22.1. The van der Waals surface area contributed by atoms with E-state index in [4.69, 9.17) is 15.2 Å². The topological polar surface area (TPSA) is 61.5 Å². The molecule has 0 aliphatic carbocycles. The minimum absolute atomic E-state index is 0.0598. The summed E-state index contributed by atoms with van der Waals surface area (Å²) in [6, 6.07) is 4.36. The molecule has 0 bridgehead atoms. The third kappa shape index (κ3) is 11.9. The van der Waals surface area contributed by atoms with Crippen LogP contribution in [-0.4, -0.2) is 32.4 Å². The molecule has 30 heavy (non-hydrogen) atoms. The minimum Gasteiger partial charge on any atom is -0.481 e. The number of ether oxygens (including phenoxy) is 2. The molecule has 0 aliphatic rings. The number of unbranched alkanes of at least 4 members (excludes halogenated alkanes) is 2. The van der Waals surface area contributed by atoms with Crippen molar-refractivity contribution in [3.63, 3.8) is 0 Å². The molecule has 0 saturated heterocycles. The first-order valence-electron chi connectivity index (χ1n) is 11.2. The Kier molecular flexibility index (Phi) is 16.2. The molecule has 1 atom stereocenters. The SMILES string of the molecule is CC.CP.Cc1cc(C(C)(C)C)cc(C(C)(C)C)c1OCC(=O)OCCCCCN. The summed E-state index contributed by atoms with van der Waals surface area (Å²) in [5.41, 5.74) is 8.89. The number of nitrogens with two attached hydrogens (primary N) is 1. The van der Waals surface area contributed by atoms with Crippen molar-refractivity contribution >= 4 is 15.2 Å². The second kappa shape index (κ2) is 15.6. The molecule has 0 fully saturated rings. The fourth-order valence-corrected chi connectivity index (χ4v) is 2.74. The van der Waals surface area contributed by atoms with Gasteiger partial charge in [-0.3, -0.25) is 0 Å². The fourth-order valence-electron chi connectivity index (χ4n) is 2.74. The molecule has 1 aromatic rings. The van der Waals surface area contributed by atoms with E-state index in [9.17, 15) is 4.79 Å². The lowest BCUT2D eigenvalue weighted by Crippen LogP contribution is -2.21. The Labute approximate surface area is 188 Å². The number of benzene rings is 1. The third-order valence-corrected chi connectivity index (χ3v) is 4.39. The van der Waals surface area contributed by atoms with Crippen molar-refractivity contribution in [1.82, 2.24) is 0 Å². The normalized spacial score (nSPS) is 10.9. The summed E-state index contributed by atoms with van der Waals surface area (Å²) in [7, 11) is 2.42. The van der Waals surface area contributed by atoms with Crippen LogP contribution in [0, 0.1) is 6.92 Å². The van der Waals surface area contributed by atoms with Crippen LogP contribution in [0.25, 0.3) is 0 Å². The zero-order valence-corrected chi connectivity index (χ0v) is 22.4. The predicted molar refractivity (Wildman–Crippen MR) is 135 cm³/mol. The highest BCUT2D eigenvalue weighted by Crippen LogP contribution is 2.38. The Morgan fingerprint density at radius 2 is 1.53 bits per heavy atom. The van der Waals surface area contributed by atoms with Crippen LogP contribution >= 0.6 is 9.24 Å². The number of hydrogen-bond acceptors (Lipinski definition) is 4. The van der Waals surface area contributed by atoms with E-state index >= 15 is 0 Å². The maximum atomic E-state index is 12.0. The summed E-state index contributed by atoms with van der Waals surface area (Å²) in [6.07, 6.45) is 2.78. The van der Waals surface area contributed by atoms with Crippen LogP contribution in [0.15, 0.2) is 12.1 Å². The lowest BCUT2D eigenvalue weighted by atomic mass is 9.79. The van der Waals surface area contributed by atoms with Crippen molar-refractivity contribution in [3.8, 4) is 5.75 Å². The summed E-state index contributed by atoms with van der Waals surface area (Å²) in [5.74, 6) is 0.475. The largest absolute Gasteiger partial charge is 0.481 e. The lowest BCUT2D eigenvalue weighted by Gasteiger charge is -2.28. The van der Waals surface area contributed by atoms with Crippen LogP contribution in [0.2, 0.25) is 0 Å². The van der Waals surface area contributed by atoms with Crippen molar-refractivity contribution in [3.05, 3.63) is 28.8 Å².